The van der Waals surface area contributed by atoms with Crippen LogP contribution in [0.1, 0.15) is 33.6 Å². The third kappa shape index (κ3) is 2.16. The third-order valence-electron chi connectivity index (χ3n) is 2.72. The normalized spacial score (nSPS) is 24.0. The van der Waals surface area contributed by atoms with Gasteiger partial charge in [0, 0.05) is 12.8 Å². The van der Waals surface area contributed by atoms with E-state index in [1.807, 2.05) is 4.58 Å². The molecule has 1 aliphatic rings. The van der Waals surface area contributed by atoms with Crippen LogP contribution in [0.3, 0.4) is 0 Å². The summed E-state index contributed by atoms with van der Waals surface area (Å²) in [5.41, 5.74) is 0. The van der Waals surface area contributed by atoms with E-state index in [9.17, 15) is 4.79 Å². The first-order valence-corrected chi connectivity index (χ1v) is 4.71. The monoisotopic (exact) mass is 168 g/mol. The van der Waals surface area contributed by atoms with E-state index in [-0.39, 0.29) is 5.91 Å². The fourth-order valence-corrected chi connectivity index (χ4v) is 1.67. The summed E-state index contributed by atoms with van der Waals surface area (Å²) < 4.78 is 1.83. The van der Waals surface area contributed by atoms with Crippen LogP contribution in [0.4, 0.5) is 0 Å². The van der Waals surface area contributed by atoms with Crippen LogP contribution in [0.25, 0.3) is 0 Å². The van der Waals surface area contributed by atoms with E-state index >= 15 is 0 Å². The molecule has 2 heteroatoms. The van der Waals surface area contributed by atoms with Crippen molar-refractivity contribution in [1.82, 2.24) is 0 Å². The van der Waals surface area contributed by atoms with Crippen LogP contribution in [0.5, 0.6) is 0 Å². The van der Waals surface area contributed by atoms with E-state index < -0.39 is 0 Å². The van der Waals surface area contributed by atoms with Gasteiger partial charge in [0.1, 0.15) is 6.21 Å². The average Bonchev–Trinajstić information content (AvgIpc) is 2.04. The molecule has 0 radical (unpaired) electrons. The Morgan fingerprint density at radius 2 is 2.25 bits per heavy atom. The molecule has 0 N–H and O–H groups in total. The zero-order valence-electron chi connectivity index (χ0n) is 8.21. The van der Waals surface area contributed by atoms with Crippen LogP contribution in [-0.2, 0) is 4.79 Å². The second kappa shape index (κ2) is 3.83. The molecule has 1 amide bonds. The van der Waals surface area contributed by atoms with Crippen LogP contribution in [-0.4, -0.2) is 23.2 Å². The molecule has 0 aromatic carbocycles. The number of nitrogens with zero attached hydrogens (tertiary/aromatic N) is 1. The van der Waals surface area contributed by atoms with E-state index in [1.165, 1.54) is 0 Å². The lowest BCUT2D eigenvalue weighted by atomic mass is 9.88. The highest BCUT2D eigenvalue weighted by Crippen LogP contribution is 2.20. The van der Waals surface area contributed by atoms with Gasteiger partial charge in [0.05, 0.1) is 6.92 Å². The van der Waals surface area contributed by atoms with Gasteiger partial charge >= 0.3 is 5.91 Å². The highest BCUT2D eigenvalue weighted by Gasteiger charge is 2.23. The van der Waals surface area contributed by atoms with E-state index in [0.29, 0.717) is 0 Å². The van der Waals surface area contributed by atoms with Crippen molar-refractivity contribution in [2.45, 2.75) is 33.6 Å². The van der Waals surface area contributed by atoms with E-state index in [2.05, 4.69) is 20.1 Å². The van der Waals surface area contributed by atoms with Gasteiger partial charge in [-0.15, -0.1) is 0 Å². The van der Waals surface area contributed by atoms with Gasteiger partial charge in [-0.05, 0) is 11.8 Å². The Kier molecular flexibility index (Phi) is 3.01. The lowest BCUT2D eigenvalue weighted by Crippen LogP contribution is -2.29. The Balaban J connectivity index is 2.53. The fourth-order valence-electron chi connectivity index (χ4n) is 1.67. The molecule has 1 aliphatic heterocycles. The van der Waals surface area contributed by atoms with E-state index in [0.717, 1.165) is 31.2 Å². The molecule has 0 saturated heterocycles. The van der Waals surface area contributed by atoms with Crippen LogP contribution in [0, 0.1) is 11.8 Å². The van der Waals surface area contributed by atoms with Gasteiger partial charge in [-0.3, -0.25) is 0 Å². The van der Waals surface area contributed by atoms with Crippen molar-refractivity contribution in [3.63, 3.8) is 0 Å². The highest BCUT2D eigenvalue weighted by molar-refractivity contribution is 5.70. The topological polar surface area (TPSA) is 20.1 Å². The molecule has 12 heavy (non-hydrogen) atoms. The maximum atomic E-state index is 11.0. The summed E-state index contributed by atoms with van der Waals surface area (Å²) in [6.45, 7) is 7.05. The number of carbonyl (C=O) groups excluding carboxylic acids is 1. The van der Waals surface area contributed by atoms with Gasteiger partial charge in [-0.1, -0.05) is 13.8 Å². The number of hydrogen-bond donors (Lipinski definition) is 0. The molecule has 0 saturated carbocycles. The van der Waals surface area contributed by atoms with Gasteiger partial charge in [0.15, 0.2) is 6.54 Å². The molecule has 68 valence electrons. The number of rotatable bonds is 1. The first-order chi connectivity index (χ1) is 5.61. The van der Waals surface area contributed by atoms with Crippen molar-refractivity contribution in [3.8, 4) is 0 Å². The minimum absolute atomic E-state index is 0.178. The molecule has 1 heterocycles. The van der Waals surface area contributed by atoms with Crippen molar-refractivity contribution in [2.24, 2.45) is 11.8 Å². The predicted molar refractivity (Wildman–Crippen MR) is 49.4 cm³/mol. The van der Waals surface area contributed by atoms with Crippen molar-refractivity contribution < 1.29 is 9.37 Å². The van der Waals surface area contributed by atoms with Gasteiger partial charge < -0.3 is 0 Å². The van der Waals surface area contributed by atoms with Crippen LogP contribution in [0.15, 0.2) is 0 Å². The second-order valence-corrected chi connectivity index (χ2v) is 3.92. The Bertz CT molecular complexity index is 206. The molecule has 1 atom stereocenters. The van der Waals surface area contributed by atoms with Crippen LogP contribution < -0.4 is 0 Å². The molecule has 0 aromatic rings. The second-order valence-electron chi connectivity index (χ2n) is 3.92. The minimum Gasteiger partial charge on any atom is -0.220 e. The summed E-state index contributed by atoms with van der Waals surface area (Å²) in [6, 6.07) is 0. The standard InChI is InChI=1S/C10H18NO/c1-8(2)10-4-6-11(7-5-10)9(3)12/h6,8,10H,4-5,7H2,1-3H3/q+1. The van der Waals surface area contributed by atoms with E-state index in [1.54, 1.807) is 6.92 Å². The summed E-state index contributed by atoms with van der Waals surface area (Å²) in [7, 11) is 0. The zero-order valence-corrected chi connectivity index (χ0v) is 8.21. The van der Waals surface area contributed by atoms with E-state index in [4.69, 9.17) is 0 Å². The predicted octanol–water partition coefficient (Wildman–Crippen LogP) is 1.68. The van der Waals surface area contributed by atoms with Crippen molar-refractivity contribution in [2.75, 3.05) is 6.54 Å². The van der Waals surface area contributed by atoms with Crippen molar-refractivity contribution in [1.29, 1.82) is 0 Å². The molecule has 2 nitrogen and oxygen atoms in total. The fraction of sp³-hybridized carbons (Fsp3) is 0.800. The summed E-state index contributed by atoms with van der Waals surface area (Å²) in [6.07, 6.45) is 4.28. The summed E-state index contributed by atoms with van der Waals surface area (Å²) >= 11 is 0. The summed E-state index contributed by atoms with van der Waals surface area (Å²) in [5, 5.41) is 0. The summed E-state index contributed by atoms with van der Waals surface area (Å²) in [4.78, 5) is 11.0. The zero-order chi connectivity index (χ0) is 9.14. The minimum atomic E-state index is 0.178. The Labute approximate surface area is 74.3 Å². The highest BCUT2D eigenvalue weighted by atomic mass is 16.1. The Morgan fingerprint density at radius 1 is 1.58 bits per heavy atom. The van der Waals surface area contributed by atoms with Crippen molar-refractivity contribution in [3.05, 3.63) is 0 Å². The van der Waals surface area contributed by atoms with Gasteiger partial charge in [0.2, 0.25) is 0 Å². The molecular formula is C10H18NO+. The molecule has 0 spiro atoms. The summed E-state index contributed by atoms with van der Waals surface area (Å²) in [5.74, 6) is 1.70. The Morgan fingerprint density at radius 3 is 2.58 bits per heavy atom. The maximum Gasteiger partial charge on any atom is 0.383 e. The largest absolute Gasteiger partial charge is 0.383 e. The lowest BCUT2D eigenvalue weighted by molar-refractivity contribution is -0.451. The molecule has 1 rings (SSSR count). The van der Waals surface area contributed by atoms with Gasteiger partial charge in [-0.25, -0.2) is 4.79 Å². The number of amides is 1. The maximum absolute atomic E-state index is 11.0. The van der Waals surface area contributed by atoms with Crippen LogP contribution >= 0.6 is 0 Å². The average molecular weight is 168 g/mol. The SMILES string of the molecule is CC(=O)[N+]1=CCC(C(C)C)CC1. The number of carbonyl (C=O) groups is 1. The van der Waals surface area contributed by atoms with Gasteiger partial charge in [0.25, 0.3) is 0 Å². The molecule has 0 bridgehead atoms. The first-order valence-electron chi connectivity index (χ1n) is 4.71. The third-order valence-corrected chi connectivity index (χ3v) is 2.72. The Hall–Kier alpha value is -0.660. The van der Waals surface area contributed by atoms with Crippen LogP contribution in [0.2, 0.25) is 0 Å². The molecule has 0 aromatic heterocycles. The number of hydrogen-bond acceptors (Lipinski definition) is 1. The lowest BCUT2D eigenvalue weighted by Gasteiger charge is -2.20. The smallest absolute Gasteiger partial charge is 0.220 e. The molecule has 0 fully saturated rings. The van der Waals surface area contributed by atoms with Gasteiger partial charge in [-0.2, -0.15) is 4.58 Å². The van der Waals surface area contributed by atoms with Crippen molar-refractivity contribution >= 4 is 12.1 Å². The quantitative estimate of drug-likeness (QED) is 0.545. The molecule has 0 aliphatic carbocycles. The molecule has 1 unspecified atom stereocenters. The first kappa shape index (κ1) is 9.43. The molecular weight excluding hydrogens is 150 g/mol.